The minimum atomic E-state index is -1.26. The molecule has 0 saturated heterocycles. The fourth-order valence-corrected chi connectivity index (χ4v) is 8.69. The van der Waals surface area contributed by atoms with Crippen LogP contribution in [0.1, 0.15) is 51.1 Å². The summed E-state index contributed by atoms with van der Waals surface area (Å²) in [5.74, 6) is 1.87. The van der Waals surface area contributed by atoms with E-state index in [2.05, 4.69) is 31.3 Å². The van der Waals surface area contributed by atoms with Gasteiger partial charge in [-0.25, -0.2) is 4.99 Å². The van der Waals surface area contributed by atoms with Gasteiger partial charge in [0.2, 0.25) is 0 Å². The van der Waals surface area contributed by atoms with Gasteiger partial charge < -0.3 is 11.1 Å². The van der Waals surface area contributed by atoms with Gasteiger partial charge in [-0.15, -0.1) is 23.5 Å². The van der Waals surface area contributed by atoms with Gasteiger partial charge >= 0.3 is 0 Å². The van der Waals surface area contributed by atoms with Crippen molar-refractivity contribution < 1.29 is 0 Å². The van der Waals surface area contributed by atoms with Crippen LogP contribution in [0.15, 0.2) is 46.6 Å². The summed E-state index contributed by atoms with van der Waals surface area (Å²) < 4.78 is -0.821. The third-order valence-electron chi connectivity index (χ3n) is 6.57. The van der Waals surface area contributed by atoms with Crippen LogP contribution < -0.4 is 11.1 Å². The first-order chi connectivity index (χ1) is 14.6. The fourth-order valence-electron chi connectivity index (χ4n) is 5.45. The minimum Gasteiger partial charge on any atom is -0.386 e. The number of hydrogen-bond acceptors (Lipinski definition) is 7. The summed E-state index contributed by atoms with van der Waals surface area (Å²) >= 11 is 3.30. The molecule has 4 rings (SSSR count). The van der Waals surface area contributed by atoms with Crippen molar-refractivity contribution in [3.63, 3.8) is 0 Å². The number of nitrogens with one attached hydrogen (secondary N) is 1. The molecule has 2 heterocycles. The third kappa shape index (κ3) is 2.52. The number of nitrogens with two attached hydrogens (primary N) is 1. The molecule has 0 aromatic heterocycles. The van der Waals surface area contributed by atoms with Crippen molar-refractivity contribution >= 4 is 29.4 Å². The Hall–Kier alpha value is -2.09. The Bertz CT molecular complexity index is 968. The van der Waals surface area contributed by atoms with E-state index in [9.17, 15) is 10.5 Å². The molecular formula is C23H27N5S2. The van der Waals surface area contributed by atoms with E-state index in [1.807, 2.05) is 30.3 Å². The van der Waals surface area contributed by atoms with Crippen LogP contribution in [0.4, 0.5) is 0 Å². The second kappa shape index (κ2) is 7.87. The molecule has 0 saturated carbocycles. The number of benzene rings is 1. The van der Waals surface area contributed by atoms with Crippen molar-refractivity contribution in [3.05, 3.63) is 47.2 Å². The van der Waals surface area contributed by atoms with Crippen molar-refractivity contribution in [3.8, 4) is 12.1 Å². The number of rotatable bonds is 5. The van der Waals surface area contributed by atoms with Crippen molar-refractivity contribution in [1.82, 2.24) is 5.32 Å². The second-order valence-corrected chi connectivity index (χ2v) is 11.1. The second-order valence-electron chi connectivity index (χ2n) is 7.88. The summed E-state index contributed by atoms with van der Waals surface area (Å²) in [4.78, 5) is 5.00. The Morgan fingerprint density at radius 3 is 2.37 bits per heavy atom. The number of allylic oxidation sites excluding steroid dienone is 1. The fraction of sp³-hybridized carbons (Fsp3) is 0.522. The monoisotopic (exact) mass is 437 g/mol. The van der Waals surface area contributed by atoms with Gasteiger partial charge in [0.15, 0.2) is 15.0 Å². The van der Waals surface area contributed by atoms with E-state index in [-0.39, 0.29) is 5.84 Å². The van der Waals surface area contributed by atoms with Gasteiger partial charge in [-0.2, -0.15) is 10.5 Å². The van der Waals surface area contributed by atoms with Crippen molar-refractivity contribution in [2.75, 3.05) is 11.5 Å². The number of nitrogens with zero attached hydrogens (tertiary/aromatic N) is 3. The molecule has 0 unspecified atom stereocenters. The molecule has 1 aromatic rings. The molecule has 3 N–H and O–H groups in total. The van der Waals surface area contributed by atoms with Gasteiger partial charge in [-0.05, 0) is 48.3 Å². The maximum atomic E-state index is 10.9. The maximum Gasteiger partial charge on any atom is 0.178 e. The average molecular weight is 438 g/mol. The van der Waals surface area contributed by atoms with Crippen LogP contribution in [0.5, 0.6) is 0 Å². The zero-order valence-corrected chi connectivity index (χ0v) is 19.1. The lowest BCUT2D eigenvalue weighted by Gasteiger charge is -2.54. The van der Waals surface area contributed by atoms with Gasteiger partial charge in [0, 0.05) is 5.70 Å². The van der Waals surface area contributed by atoms with Gasteiger partial charge in [0.05, 0.1) is 18.2 Å². The van der Waals surface area contributed by atoms with E-state index in [0.29, 0.717) is 0 Å². The van der Waals surface area contributed by atoms with E-state index in [4.69, 9.17) is 10.7 Å². The van der Waals surface area contributed by atoms with E-state index in [1.165, 1.54) is 0 Å². The molecule has 3 atom stereocenters. The van der Waals surface area contributed by atoms with E-state index in [0.717, 1.165) is 54.0 Å². The first-order valence-corrected chi connectivity index (χ1v) is 12.5. The third-order valence-corrected chi connectivity index (χ3v) is 9.43. The van der Waals surface area contributed by atoms with Gasteiger partial charge in [-0.3, -0.25) is 0 Å². The quantitative estimate of drug-likeness (QED) is 0.647. The number of nitriles is 2. The Kier molecular flexibility index (Phi) is 5.55. The predicted octanol–water partition coefficient (Wildman–Crippen LogP) is 4.71. The molecule has 156 valence electrons. The standard InChI is InChI=1S/C23H27N5S2/c1-3-29-23(30-4-2)22(15-25)17-12-8-9-13-18(17)27-19(16-10-6-5-7-11-16)21(22,14-24)20(26)28-23/h5-7,10-11,19,27H,3-4,8-9,12-13H2,1-2H3,(H2,26,28)/t19-,21+,22-/m0/s1. The van der Waals surface area contributed by atoms with Crippen molar-refractivity contribution in [1.29, 1.82) is 10.5 Å². The van der Waals surface area contributed by atoms with Crippen LogP contribution in [0.2, 0.25) is 0 Å². The Balaban J connectivity index is 2.09. The summed E-state index contributed by atoms with van der Waals surface area (Å²) in [6.45, 7) is 4.16. The van der Waals surface area contributed by atoms with E-state index in [1.54, 1.807) is 23.5 Å². The van der Waals surface area contributed by atoms with Crippen LogP contribution in [0.3, 0.4) is 0 Å². The number of hydrogen-bond donors (Lipinski definition) is 2. The summed E-state index contributed by atoms with van der Waals surface area (Å²) in [6.07, 6.45) is 3.80. The van der Waals surface area contributed by atoms with Gasteiger partial charge in [0.25, 0.3) is 0 Å². The highest BCUT2D eigenvalue weighted by Crippen LogP contribution is 2.72. The Morgan fingerprint density at radius 2 is 1.77 bits per heavy atom. The van der Waals surface area contributed by atoms with Gasteiger partial charge in [-0.1, -0.05) is 44.2 Å². The molecule has 1 aliphatic carbocycles. The van der Waals surface area contributed by atoms with Gasteiger partial charge in [0.1, 0.15) is 5.84 Å². The zero-order chi connectivity index (χ0) is 21.4. The lowest BCUT2D eigenvalue weighted by Crippen LogP contribution is -2.62. The molecule has 0 bridgehead atoms. The molecule has 1 aromatic carbocycles. The largest absolute Gasteiger partial charge is 0.386 e. The highest BCUT2D eigenvalue weighted by Gasteiger charge is 2.77. The molecular weight excluding hydrogens is 410 g/mol. The topological polar surface area (TPSA) is 98.0 Å². The predicted molar refractivity (Wildman–Crippen MR) is 125 cm³/mol. The van der Waals surface area contributed by atoms with E-state index >= 15 is 0 Å². The molecule has 7 heteroatoms. The SMILES string of the molecule is CCSC1(SCC)N=C(N)[C@@]2(C#N)[C@H](c3ccccc3)NC3=C(CCCC3)[C@]12C#N. The summed E-state index contributed by atoms with van der Waals surface area (Å²) in [5, 5.41) is 25.4. The lowest BCUT2D eigenvalue weighted by atomic mass is 9.53. The smallest absolute Gasteiger partial charge is 0.178 e. The van der Waals surface area contributed by atoms with Crippen LogP contribution in [0, 0.1) is 33.5 Å². The summed E-state index contributed by atoms with van der Waals surface area (Å²) in [7, 11) is 0. The van der Waals surface area contributed by atoms with Crippen molar-refractivity contribution in [2.45, 2.75) is 49.8 Å². The zero-order valence-electron chi connectivity index (χ0n) is 17.4. The molecule has 5 nitrogen and oxygen atoms in total. The molecule has 0 amide bonds. The highest BCUT2D eigenvalue weighted by molar-refractivity contribution is 8.18. The van der Waals surface area contributed by atoms with E-state index < -0.39 is 21.1 Å². The normalized spacial score (nSPS) is 31.6. The van der Waals surface area contributed by atoms with Crippen molar-refractivity contribution in [2.24, 2.45) is 21.6 Å². The van der Waals surface area contributed by atoms with Crippen LogP contribution in [-0.4, -0.2) is 21.5 Å². The van der Waals surface area contributed by atoms with Crippen LogP contribution in [-0.2, 0) is 0 Å². The summed E-state index contributed by atoms with van der Waals surface area (Å²) in [5.41, 5.74) is 7.43. The first kappa shape index (κ1) is 21.2. The number of amidine groups is 1. The molecule has 2 aliphatic heterocycles. The number of aliphatic imine (C=N–C) groups is 1. The number of thioether (sulfide) groups is 2. The molecule has 0 radical (unpaired) electrons. The highest BCUT2D eigenvalue weighted by atomic mass is 32.2. The van der Waals surface area contributed by atoms with Crippen LogP contribution >= 0.6 is 23.5 Å². The number of fused-ring (bicyclic) bond motifs is 2. The Morgan fingerprint density at radius 1 is 1.10 bits per heavy atom. The maximum absolute atomic E-state index is 10.9. The minimum absolute atomic E-state index is 0.284. The molecule has 0 spiro atoms. The molecule has 3 aliphatic rings. The molecule has 30 heavy (non-hydrogen) atoms. The lowest BCUT2D eigenvalue weighted by molar-refractivity contribution is 0.185. The average Bonchev–Trinajstić information content (AvgIpc) is 2.99. The Labute approximate surface area is 187 Å². The summed E-state index contributed by atoms with van der Waals surface area (Å²) in [6, 6.07) is 14.8. The first-order valence-electron chi connectivity index (χ1n) is 10.6. The van der Waals surface area contributed by atoms with Crippen LogP contribution in [0.25, 0.3) is 0 Å². The molecule has 0 fully saturated rings.